The average Bonchev–Trinajstić information content (AvgIpc) is 2.48. The number of carbonyl (C=O) groups excluding carboxylic acids is 1. The lowest BCUT2D eigenvalue weighted by Crippen LogP contribution is -2.23. The molecule has 2 rings (SSSR count). The lowest BCUT2D eigenvalue weighted by Gasteiger charge is -2.21. The van der Waals surface area contributed by atoms with Gasteiger partial charge in [-0.3, -0.25) is 9.69 Å². The number of aliphatic carboxylic acids is 1. The Labute approximate surface area is 116 Å². The van der Waals surface area contributed by atoms with Gasteiger partial charge in [-0.05, 0) is 24.3 Å². The Morgan fingerprint density at radius 3 is 1.65 bits per heavy atom. The number of carboxylic acids is 1. The van der Waals surface area contributed by atoms with E-state index in [-0.39, 0.29) is 0 Å². The minimum absolute atomic E-state index is 0.412. The molecule has 0 heterocycles. The Morgan fingerprint density at radius 2 is 1.25 bits per heavy atom. The van der Waals surface area contributed by atoms with Crippen molar-refractivity contribution >= 4 is 23.3 Å². The van der Waals surface area contributed by atoms with E-state index in [1.165, 1.54) is 4.90 Å². The summed E-state index contributed by atoms with van der Waals surface area (Å²) < 4.78 is 0. The van der Waals surface area contributed by atoms with Crippen molar-refractivity contribution in [1.82, 2.24) is 0 Å². The number of benzene rings is 2. The third-order valence-electron chi connectivity index (χ3n) is 2.62. The molecule has 1 amide bonds. The lowest BCUT2D eigenvalue weighted by atomic mass is 10.2. The van der Waals surface area contributed by atoms with E-state index in [9.17, 15) is 9.59 Å². The molecule has 0 fully saturated rings. The van der Waals surface area contributed by atoms with Crippen LogP contribution in [0.4, 0.5) is 11.4 Å². The normalized spacial score (nSPS) is 10.4. The minimum Gasteiger partial charge on any atom is -0.478 e. The molecule has 0 saturated carbocycles. The number of nitrogens with zero attached hydrogens (tertiary/aromatic N) is 1. The van der Waals surface area contributed by atoms with E-state index in [1.807, 2.05) is 36.4 Å². The molecule has 0 unspecified atom stereocenters. The smallest absolute Gasteiger partial charge is 0.328 e. The first kappa shape index (κ1) is 13.5. The van der Waals surface area contributed by atoms with Gasteiger partial charge < -0.3 is 5.11 Å². The van der Waals surface area contributed by atoms with Gasteiger partial charge in [-0.15, -0.1) is 0 Å². The van der Waals surface area contributed by atoms with Crippen LogP contribution in [0.25, 0.3) is 0 Å². The van der Waals surface area contributed by atoms with Gasteiger partial charge in [-0.25, -0.2) is 4.79 Å². The van der Waals surface area contributed by atoms with Gasteiger partial charge in [0, 0.05) is 23.5 Å². The van der Waals surface area contributed by atoms with Gasteiger partial charge in [-0.1, -0.05) is 36.4 Å². The Kier molecular flexibility index (Phi) is 4.29. The van der Waals surface area contributed by atoms with Crippen molar-refractivity contribution in [1.29, 1.82) is 0 Å². The number of carboxylic acid groups (broad SMARTS) is 1. The number of para-hydroxylation sites is 2. The van der Waals surface area contributed by atoms with Crippen LogP contribution in [0, 0.1) is 0 Å². The number of hydrogen-bond acceptors (Lipinski definition) is 2. The zero-order chi connectivity index (χ0) is 14.4. The largest absolute Gasteiger partial charge is 0.478 e. The number of anilines is 2. The van der Waals surface area contributed by atoms with Crippen LogP contribution in [0.15, 0.2) is 72.8 Å². The molecular weight excluding hydrogens is 254 g/mol. The summed E-state index contributed by atoms with van der Waals surface area (Å²) in [5.74, 6) is -1.57. The second-order valence-electron chi connectivity index (χ2n) is 4.02. The van der Waals surface area contributed by atoms with E-state index >= 15 is 0 Å². The van der Waals surface area contributed by atoms with E-state index in [2.05, 4.69) is 0 Å². The lowest BCUT2D eigenvalue weighted by molar-refractivity contribution is -0.131. The molecule has 0 saturated heterocycles. The molecule has 4 nitrogen and oxygen atoms in total. The molecule has 0 aliphatic carbocycles. The minimum atomic E-state index is -1.15. The molecule has 20 heavy (non-hydrogen) atoms. The molecule has 2 aromatic rings. The van der Waals surface area contributed by atoms with Crippen molar-refractivity contribution < 1.29 is 14.7 Å². The highest BCUT2D eigenvalue weighted by atomic mass is 16.4. The van der Waals surface area contributed by atoms with Crippen LogP contribution in [0.2, 0.25) is 0 Å². The zero-order valence-corrected chi connectivity index (χ0v) is 10.6. The van der Waals surface area contributed by atoms with Crippen LogP contribution < -0.4 is 4.90 Å². The summed E-state index contributed by atoms with van der Waals surface area (Å²) in [5.41, 5.74) is 1.36. The number of carbonyl (C=O) groups is 2. The van der Waals surface area contributed by atoms with Crippen LogP contribution in [0.3, 0.4) is 0 Å². The van der Waals surface area contributed by atoms with Crippen molar-refractivity contribution in [3.8, 4) is 0 Å². The Balaban J connectivity index is 2.40. The summed E-state index contributed by atoms with van der Waals surface area (Å²) in [4.78, 5) is 24.2. The third-order valence-corrected chi connectivity index (χ3v) is 2.62. The maximum atomic E-state index is 12.2. The van der Waals surface area contributed by atoms with Crippen LogP contribution in [-0.4, -0.2) is 17.0 Å². The van der Waals surface area contributed by atoms with Gasteiger partial charge in [0.1, 0.15) is 0 Å². The van der Waals surface area contributed by atoms with E-state index in [4.69, 9.17) is 5.11 Å². The standard InChI is InChI=1S/C16H13NO3/c18-15(11-12-16(19)20)17(13-7-3-1-4-8-13)14-9-5-2-6-10-14/h1-12H,(H,19,20). The van der Waals surface area contributed by atoms with Crippen molar-refractivity contribution in [3.63, 3.8) is 0 Å². The van der Waals surface area contributed by atoms with E-state index in [1.54, 1.807) is 24.3 Å². The number of amides is 1. The first-order chi connectivity index (χ1) is 9.68. The molecule has 0 atom stereocenters. The van der Waals surface area contributed by atoms with E-state index in [0.717, 1.165) is 12.2 Å². The van der Waals surface area contributed by atoms with Gasteiger partial charge in [0.2, 0.25) is 0 Å². The van der Waals surface area contributed by atoms with Gasteiger partial charge in [0.15, 0.2) is 0 Å². The summed E-state index contributed by atoms with van der Waals surface area (Å²) in [5, 5.41) is 8.63. The molecule has 0 aromatic heterocycles. The molecule has 0 aliphatic rings. The van der Waals surface area contributed by atoms with E-state index in [0.29, 0.717) is 11.4 Å². The highest BCUT2D eigenvalue weighted by Gasteiger charge is 2.15. The first-order valence-electron chi connectivity index (χ1n) is 6.03. The van der Waals surface area contributed by atoms with Crippen LogP contribution in [0.5, 0.6) is 0 Å². The monoisotopic (exact) mass is 267 g/mol. The van der Waals surface area contributed by atoms with Crippen molar-refractivity contribution in [2.24, 2.45) is 0 Å². The zero-order valence-electron chi connectivity index (χ0n) is 10.6. The topological polar surface area (TPSA) is 57.6 Å². The Hall–Kier alpha value is -2.88. The van der Waals surface area contributed by atoms with E-state index < -0.39 is 11.9 Å². The molecule has 2 aromatic carbocycles. The summed E-state index contributed by atoms with van der Waals surface area (Å²) >= 11 is 0. The van der Waals surface area contributed by atoms with Crippen molar-refractivity contribution in [2.75, 3.05) is 4.90 Å². The van der Waals surface area contributed by atoms with Crippen molar-refractivity contribution in [2.45, 2.75) is 0 Å². The molecule has 0 aliphatic heterocycles. The second-order valence-corrected chi connectivity index (χ2v) is 4.02. The third kappa shape index (κ3) is 3.32. The summed E-state index contributed by atoms with van der Waals surface area (Å²) in [7, 11) is 0. The number of rotatable bonds is 4. The quantitative estimate of drug-likeness (QED) is 0.866. The molecule has 4 heteroatoms. The summed E-state index contributed by atoms with van der Waals surface area (Å²) in [6.45, 7) is 0. The van der Waals surface area contributed by atoms with Crippen LogP contribution >= 0.6 is 0 Å². The average molecular weight is 267 g/mol. The fourth-order valence-corrected chi connectivity index (χ4v) is 1.77. The summed E-state index contributed by atoms with van der Waals surface area (Å²) in [6, 6.07) is 18.1. The predicted octanol–water partition coefficient (Wildman–Crippen LogP) is 2.99. The predicted molar refractivity (Wildman–Crippen MR) is 76.8 cm³/mol. The first-order valence-corrected chi connectivity index (χ1v) is 6.03. The molecule has 0 bridgehead atoms. The SMILES string of the molecule is O=C(O)C=CC(=O)N(c1ccccc1)c1ccccc1. The summed E-state index contributed by atoms with van der Waals surface area (Å²) in [6.07, 6.45) is 1.88. The molecule has 100 valence electrons. The van der Waals surface area contributed by atoms with Gasteiger partial charge >= 0.3 is 5.97 Å². The maximum Gasteiger partial charge on any atom is 0.328 e. The van der Waals surface area contributed by atoms with Gasteiger partial charge in [-0.2, -0.15) is 0 Å². The highest BCUT2D eigenvalue weighted by molar-refractivity contribution is 6.08. The van der Waals surface area contributed by atoms with Gasteiger partial charge in [0.05, 0.1) is 0 Å². The highest BCUT2D eigenvalue weighted by Crippen LogP contribution is 2.25. The van der Waals surface area contributed by atoms with Gasteiger partial charge in [0.25, 0.3) is 5.91 Å². The fourth-order valence-electron chi connectivity index (χ4n) is 1.77. The maximum absolute atomic E-state index is 12.2. The molecular formula is C16H13NO3. The van der Waals surface area contributed by atoms with Crippen LogP contribution in [0.1, 0.15) is 0 Å². The Bertz CT molecular complexity index is 581. The number of hydrogen-bond donors (Lipinski definition) is 1. The van der Waals surface area contributed by atoms with Crippen LogP contribution in [-0.2, 0) is 9.59 Å². The Morgan fingerprint density at radius 1 is 0.800 bits per heavy atom. The fraction of sp³-hybridized carbons (Fsp3) is 0. The molecule has 0 radical (unpaired) electrons. The second kappa shape index (κ2) is 6.33. The molecule has 0 spiro atoms. The molecule has 1 N–H and O–H groups in total. The van der Waals surface area contributed by atoms with Crippen molar-refractivity contribution in [3.05, 3.63) is 72.8 Å².